The van der Waals surface area contributed by atoms with E-state index in [9.17, 15) is 14.0 Å². The third kappa shape index (κ3) is 5.22. The SMILES string of the molecule is CNC(=O)c1ccccc1NC(=O)CNCc1ccc(-c2cc(F)ccc2Cl)o1. The minimum Gasteiger partial charge on any atom is -0.460 e. The molecule has 6 nitrogen and oxygen atoms in total. The third-order valence-corrected chi connectivity index (χ3v) is 4.44. The number of halogens is 2. The Morgan fingerprint density at radius 2 is 1.90 bits per heavy atom. The van der Waals surface area contributed by atoms with Gasteiger partial charge in [0.1, 0.15) is 17.3 Å². The molecule has 0 bridgehead atoms. The van der Waals surface area contributed by atoms with Crippen molar-refractivity contribution in [3.63, 3.8) is 0 Å². The second kappa shape index (κ2) is 9.36. The zero-order valence-electron chi connectivity index (χ0n) is 15.6. The van der Waals surface area contributed by atoms with Crippen LogP contribution in [0.4, 0.5) is 10.1 Å². The standard InChI is InChI=1S/C21H19ClFN3O3/c1-24-21(28)15-4-2-3-5-18(15)26-20(27)12-25-11-14-7-9-19(29-14)16-10-13(23)6-8-17(16)22/h2-10,25H,11-12H2,1H3,(H,24,28)(H,26,27). The molecule has 1 heterocycles. The van der Waals surface area contributed by atoms with Gasteiger partial charge >= 0.3 is 0 Å². The van der Waals surface area contributed by atoms with Crippen LogP contribution in [0.1, 0.15) is 16.1 Å². The highest BCUT2D eigenvalue weighted by Crippen LogP contribution is 2.30. The van der Waals surface area contributed by atoms with E-state index in [0.29, 0.717) is 33.4 Å². The molecule has 3 N–H and O–H groups in total. The zero-order valence-corrected chi connectivity index (χ0v) is 16.3. The molecule has 2 amide bonds. The molecular formula is C21H19ClFN3O3. The van der Waals surface area contributed by atoms with Gasteiger partial charge in [0.25, 0.3) is 5.91 Å². The lowest BCUT2D eigenvalue weighted by Gasteiger charge is -2.10. The van der Waals surface area contributed by atoms with E-state index in [0.717, 1.165) is 0 Å². The normalized spacial score (nSPS) is 10.6. The molecule has 0 aliphatic rings. The number of anilines is 1. The number of para-hydroxylation sites is 1. The van der Waals surface area contributed by atoms with Crippen molar-refractivity contribution in [3.05, 3.63) is 76.8 Å². The minimum atomic E-state index is -0.408. The van der Waals surface area contributed by atoms with E-state index in [1.165, 1.54) is 25.2 Å². The van der Waals surface area contributed by atoms with Crippen LogP contribution < -0.4 is 16.0 Å². The number of furan rings is 1. The fourth-order valence-corrected chi connectivity index (χ4v) is 2.93. The van der Waals surface area contributed by atoms with Crippen LogP contribution in [-0.2, 0) is 11.3 Å². The second-order valence-corrected chi connectivity index (χ2v) is 6.57. The average molecular weight is 416 g/mol. The van der Waals surface area contributed by atoms with Crippen molar-refractivity contribution in [3.8, 4) is 11.3 Å². The van der Waals surface area contributed by atoms with E-state index < -0.39 is 5.82 Å². The van der Waals surface area contributed by atoms with Crippen molar-refractivity contribution >= 4 is 29.1 Å². The van der Waals surface area contributed by atoms with Crippen LogP contribution in [0.15, 0.2) is 59.0 Å². The average Bonchev–Trinajstić information content (AvgIpc) is 3.18. The Morgan fingerprint density at radius 3 is 2.69 bits per heavy atom. The lowest BCUT2D eigenvalue weighted by Crippen LogP contribution is -2.29. The van der Waals surface area contributed by atoms with Gasteiger partial charge in [-0.05, 0) is 42.5 Å². The summed E-state index contributed by atoms with van der Waals surface area (Å²) in [6, 6.07) is 14.2. The number of carbonyl (C=O) groups excluding carboxylic acids is 2. The molecule has 3 aromatic rings. The smallest absolute Gasteiger partial charge is 0.253 e. The maximum absolute atomic E-state index is 13.4. The van der Waals surface area contributed by atoms with Gasteiger partial charge in [-0.25, -0.2) is 4.39 Å². The molecule has 0 fully saturated rings. The Balaban J connectivity index is 1.56. The molecule has 0 aliphatic carbocycles. The third-order valence-electron chi connectivity index (χ3n) is 4.11. The molecule has 0 atom stereocenters. The van der Waals surface area contributed by atoms with E-state index in [1.807, 2.05) is 0 Å². The first-order valence-electron chi connectivity index (χ1n) is 8.83. The molecule has 3 rings (SSSR count). The lowest BCUT2D eigenvalue weighted by molar-refractivity contribution is -0.115. The second-order valence-electron chi connectivity index (χ2n) is 6.17. The Hall–Kier alpha value is -3.16. The largest absolute Gasteiger partial charge is 0.460 e. The number of benzene rings is 2. The van der Waals surface area contributed by atoms with E-state index in [2.05, 4.69) is 16.0 Å². The van der Waals surface area contributed by atoms with Gasteiger partial charge in [0.15, 0.2) is 0 Å². The predicted molar refractivity (Wildman–Crippen MR) is 109 cm³/mol. The number of hydrogen-bond acceptors (Lipinski definition) is 4. The molecule has 0 unspecified atom stereocenters. The summed E-state index contributed by atoms with van der Waals surface area (Å²) in [5.41, 5.74) is 1.27. The first-order chi connectivity index (χ1) is 14.0. The zero-order chi connectivity index (χ0) is 20.8. The van der Waals surface area contributed by atoms with E-state index in [1.54, 1.807) is 36.4 Å². The van der Waals surface area contributed by atoms with Gasteiger partial charge in [-0.1, -0.05) is 23.7 Å². The Labute approximate surface area is 172 Å². The molecule has 0 saturated heterocycles. The van der Waals surface area contributed by atoms with Crippen LogP contribution in [0.3, 0.4) is 0 Å². The van der Waals surface area contributed by atoms with Crippen LogP contribution >= 0.6 is 11.6 Å². The van der Waals surface area contributed by atoms with E-state index >= 15 is 0 Å². The molecule has 2 aromatic carbocycles. The highest BCUT2D eigenvalue weighted by molar-refractivity contribution is 6.33. The number of rotatable bonds is 7. The van der Waals surface area contributed by atoms with Gasteiger partial charge in [-0.3, -0.25) is 9.59 Å². The molecule has 8 heteroatoms. The monoisotopic (exact) mass is 415 g/mol. The molecule has 1 aromatic heterocycles. The lowest BCUT2D eigenvalue weighted by atomic mass is 10.1. The molecule has 150 valence electrons. The summed E-state index contributed by atoms with van der Waals surface area (Å²) in [7, 11) is 1.52. The van der Waals surface area contributed by atoms with Crippen molar-refractivity contribution in [1.82, 2.24) is 10.6 Å². The van der Waals surface area contributed by atoms with Gasteiger partial charge in [-0.2, -0.15) is 0 Å². The fourth-order valence-electron chi connectivity index (χ4n) is 2.72. The van der Waals surface area contributed by atoms with Gasteiger partial charge in [0.2, 0.25) is 5.91 Å². The maximum Gasteiger partial charge on any atom is 0.253 e. The number of hydrogen-bond donors (Lipinski definition) is 3. The summed E-state index contributed by atoms with van der Waals surface area (Å²) in [6.45, 7) is 0.302. The van der Waals surface area contributed by atoms with Crippen molar-refractivity contribution < 1.29 is 18.4 Å². The highest BCUT2D eigenvalue weighted by atomic mass is 35.5. The molecule has 0 saturated carbocycles. The van der Waals surface area contributed by atoms with Gasteiger partial charge in [0, 0.05) is 12.6 Å². The van der Waals surface area contributed by atoms with Crippen molar-refractivity contribution in [2.45, 2.75) is 6.54 Å². The summed E-state index contributed by atoms with van der Waals surface area (Å²) < 4.78 is 19.1. The molecule has 0 spiro atoms. The Bertz CT molecular complexity index is 1040. The Kier molecular flexibility index (Phi) is 6.64. The van der Waals surface area contributed by atoms with Crippen molar-refractivity contribution in [2.24, 2.45) is 0 Å². The first kappa shape index (κ1) is 20.6. The van der Waals surface area contributed by atoms with Crippen molar-refractivity contribution in [2.75, 3.05) is 18.9 Å². The molecule has 0 radical (unpaired) electrons. The topological polar surface area (TPSA) is 83.4 Å². The number of nitrogens with one attached hydrogen (secondary N) is 3. The molecule has 29 heavy (non-hydrogen) atoms. The Morgan fingerprint density at radius 1 is 1.10 bits per heavy atom. The number of amides is 2. The van der Waals surface area contributed by atoms with Crippen LogP contribution in [0.2, 0.25) is 5.02 Å². The van der Waals surface area contributed by atoms with Gasteiger partial charge in [0.05, 0.1) is 29.4 Å². The number of carbonyl (C=O) groups is 2. The summed E-state index contributed by atoms with van der Waals surface area (Å²) in [4.78, 5) is 24.0. The molecule has 0 aliphatic heterocycles. The maximum atomic E-state index is 13.4. The summed E-state index contributed by atoms with van der Waals surface area (Å²) in [5, 5.41) is 8.58. The summed E-state index contributed by atoms with van der Waals surface area (Å²) in [5.74, 6) is 0.0117. The van der Waals surface area contributed by atoms with Crippen LogP contribution in [0.5, 0.6) is 0 Å². The quantitative estimate of drug-likeness (QED) is 0.547. The van der Waals surface area contributed by atoms with Crippen LogP contribution in [0, 0.1) is 5.82 Å². The molecular weight excluding hydrogens is 397 g/mol. The van der Waals surface area contributed by atoms with E-state index in [4.69, 9.17) is 16.0 Å². The summed E-state index contributed by atoms with van der Waals surface area (Å²) >= 11 is 6.08. The van der Waals surface area contributed by atoms with Gasteiger partial charge in [-0.15, -0.1) is 0 Å². The summed E-state index contributed by atoms with van der Waals surface area (Å²) in [6.07, 6.45) is 0. The first-order valence-corrected chi connectivity index (χ1v) is 9.21. The fraction of sp³-hybridized carbons (Fsp3) is 0.143. The van der Waals surface area contributed by atoms with Gasteiger partial charge < -0.3 is 20.4 Å². The van der Waals surface area contributed by atoms with E-state index in [-0.39, 0.29) is 24.9 Å². The predicted octanol–water partition coefficient (Wildman–Crippen LogP) is 3.83. The van der Waals surface area contributed by atoms with Crippen LogP contribution in [0.25, 0.3) is 11.3 Å². The van der Waals surface area contributed by atoms with Crippen molar-refractivity contribution in [1.29, 1.82) is 0 Å². The minimum absolute atomic E-state index is 0.0127. The highest BCUT2D eigenvalue weighted by Gasteiger charge is 2.13. The van der Waals surface area contributed by atoms with Crippen LogP contribution in [-0.4, -0.2) is 25.4 Å².